The number of ether oxygens (including phenoxy) is 1. The average Bonchev–Trinajstić information content (AvgIpc) is 3.16. The molecular weight excluding hydrogens is 379 g/mol. The van der Waals surface area contributed by atoms with Crippen molar-refractivity contribution in [2.75, 3.05) is 26.3 Å². The number of carbonyl (C=O) groups is 2. The molecule has 7 heteroatoms. The Kier molecular flexibility index (Phi) is 5.36. The molecule has 2 heterocycles. The van der Waals surface area contributed by atoms with Gasteiger partial charge in [0.15, 0.2) is 0 Å². The molecule has 0 unspecified atom stereocenters. The summed E-state index contributed by atoms with van der Waals surface area (Å²) in [5.74, 6) is -0.514. The summed E-state index contributed by atoms with van der Waals surface area (Å²) in [4.78, 5) is 27.2. The smallest absolute Gasteiger partial charge is 0.261 e. The fraction of sp³-hybridized carbons (Fsp3) is 0.238. The lowest BCUT2D eigenvalue weighted by molar-refractivity contribution is 0.0303. The van der Waals surface area contributed by atoms with Crippen LogP contribution in [0.15, 0.2) is 48.5 Å². The number of amides is 2. The van der Waals surface area contributed by atoms with E-state index < -0.39 is 0 Å². The third-order valence-corrected chi connectivity index (χ3v) is 5.75. The van der Waals surface area contributed by atoms with Crippen molar-refractivity contribution in [2.24, 2.45) is 0 Å². The molecule has 0 saturated carbocycles. The van der Waals surface area contributed by atoms with Gasteiger partial charge in [0.05, 0.1) is 18.1 Å². The Bertz CT molecular complexity index is 1010. The van der Waals surface area contributed by atoms with Gasteiger partial charge in [-0.2, -0.15) is 0 Å². The molecule has 0 atom stereocenters. The monoisotopic (exact) mass is 398 g/mol. The molecule has 144 valence electrons. The van der Waals surface area contributed by atoms with E-state index in [2.05, 4.69) is 5.32 Å². The standard InChI is InChI=1S/C21H19FN2O3S/c22-17-6-5-16-11-19(28-18(16)12-17)20(25)23-13-14-1-3-15(4-2-14)21(26)24-7-9-27-10-8-24/h1-6,11-12H,7-10,13H2,(H,23,25). The van der Waals surface area contributed by atoms with Crippen LogP contribution < -0.4 is 5.32 Å². The highest BCUT2D eigenvalue weighted by atomic mass is 32.1. The van der Waals surface area contributed by atoms with E-state index in [0.29, 0.717) is 43.3 Å². The van der Waals surface area contributed by atoms with Gasteiger partial charge in [0.1, 0.15) is 5.82 Å². The Morgan fingerprint density at radius 3 is 2.57 bits per heavy atom. The van der Waals surface area contributed by atoms with Gasteiger partial charge in [-0.3, -0.25) is 9.59 Å². The molecule has 3 aromatic rings. The zero-order valence-corrected chi connectivity index (χ0v) is 15.9. The highest BCUT2D eigenvalue weighted by molar-refractivity contribution is 7.20. The molecule has 5 nitrogen and oxygen atoms in total. The van der Waals surface area contributed by atoms with Crippen LogP contribution in [0.3, 0.4) is 0 Å². The molecule has 1 fully saturated rings. The van der Waals surface area contributed by atoms with Gasteiger partial charge in [-0.1, -0.05) is 18.2 Å². The van der Waals surface area contributed by atoms with Crippen LogP contribution in [0, 0.1) is 5.82 Å². The first-order valence-electron chi connectivity index (χ1n) is 9.03. The quantitative estimate of drug-likeness (QED) is 0.732. The molecule has 1 saturated heterocycles. The number of thiophene rings is 1. The predicted octanol–water partition coefficient (Wildman–Crippen LogP) is 3.44. The first-order valence-corrected chi connectivity index (χ1v) is 9.85. The van der Waals surface area contributed by atoms with E-state index in [-0.39, 0.29) is 17.6 Å². The topological polar surface area (TPSA) is 58.6 Å². The fourth-order valence-electron chi connectivity index (χ4n) is 3.10. The van der Waals surface area contributed by atoms with Gasteiger partial charge in [0.2, 0.25) is 0 Å². The molecule has 0 radical (unpaired) electrons. The highest BCUT2D eigenvalue weighted by Crippen LogP contribution is 2.26. The van der Waals surface area contributed by atoms with Crippen LogP contribution >= 0.6 is 11.3 Å². The number of hydrogen-bond donors (Lipinski definition) is 1. The average molecular weight is 398 g/mol. The first-order chi connectivity index (χ1) is 13.6. The maximum atomic E-state index is 13.3. The zero-order valence-electron chi connectivity index (χ0n) is 15.1. The van der Waals surface area contributed by atoms with E-state index in [1.165, 1.54) is 23.5 Å². The van der Waals surface area contributed by atoms with E-state index >= 15 is 0 Å². The molecule has 0 spiro atoms. The summed E-state index contributed by atoms with van der Waals surface area (Å²) in [6.07, 6.45) is 0. The molecule has 4 rings (SSSR count). The minimum Gasteiger partial charge on any atom is -0.378 e. The largest absolute Gasteiger partial charge is 0.378 e. The second-order valence-electron chi connectivity index (χ2n) is 6.58. The molecule has 0 bridgehead atoms. The lowest BCUT2D eigenvalue weighted by Crippen LogP contribution is -2.40. The summed E-state index contributed by atoms with van der Waals surface area (Å²) in [7, 11) is 0. The van der Waals surface area contributed by atoms with Gasteiger partial charge < -0.3 is 15.0 Å². The molecule has 1 N–H and O–H groups in total. The van der Waals surface area contributed by atoms with Gasteiger partial charge in [-0.25, -0.2) is 4.39 Å². The van der Waals surface area contributed by atoms with Crippen molar-refractivity contribution < 1.29 is 18.7 Å². The lowest BCUT2D eigenvalue weighted by Gasteiger charge is -2.26. The fourth-order valence-corrected chi connectivity index (χ4v) is 4.10. The number of hydrogen-bond acceptors (Lipinski definition) is 4. The molecule has 2 aromatic carbocycles. The van der Waals surface area contributed by atoms with Gasteiger partial charge in [-0.05, 0) is 41.3 Å². The summed E-state index contributed by atoms with van der Waals surface area (Å²) >= 11 is 1.26. The van der Waals surface area contributed by atoms with E-state index in [4.69, 9.17) is 4.74 Å². The third kappa shape index (κ3) is 4.05. The number of nitrogens with one attached hydrogen (secondary N) is 1. The molecule has 2 amide bonds. The van der Waals surface area contributed by atoms with Crippen molar-refractivity contribution in [3.63, 3.8) is 0 Å². The number of nitrogens with zero attached hydrogens (tertiary/aromatic N) is 1. The minimum atomic E-state index is -0.312. The highest BCUT2D eigenvalue weighted by Gasteiger charge is 2.18. The third-order valence-electron chi connectivity index (χ3n) is 4.66. The van der Waals surface area contributed by atoms with Gasteiger partial charge in [0, 0.05) is 29.9 Å². The van der Waals surface area contributed by atoms with E-state index in [0.717, 1.165) is 15.6 Å². The Morgan fingerprint density at radius 2 is 1.82 bits per heavy atom. The predicted molar refractivity (Wildman–Crippen MR) is 106 cm³/mol. The van der Waals surface area contributed by atoms with Crippen LogP contribution in [0.1, 0.15) is 25.6 Å². The Labute approximate surface area is 165 Å². The molecule has 0 aliphatic carbocycles. The van der Waals surface area contributed by atoms with Crippen molar-refractivity contribution in [1.82, 2.24) is 10.2 Å². The zero-order chi connectivity index (χ0) is 19.5. The second-order valence-corrected chi connectivity index (χ2v) is 7.66. The number of benzene rings is 2. The van der Waals surface area contributed by atoms with Crippen LogP contribution in [-0.4, -0.2) is 43.0 Å². The lowest BCUT2D eigenvalue weighted by atomic mass is 10.1. The Balaban J connectivity index is 1.37. The maximum Gasteiger partial charge on any atom is 0.261 e. The van der Waals surface area contributed by atoms with Crippen molar-refractivity contribution in [3.8, 4) is 0 Å². The van der Waals surface area contributed by atoms with Gasteiger partial charge in [-0.15, -0.1) is 11.3 Å². The maximum absolute atomic E-state index is 13.3. The van der Waals surface area contributed by atoms with Crippen molar-refractivity contribution in [1.29, 1.82) is 0 Å². The summed E-state index contributed by atoms with van der Waals surface area (Å²) in [5.41, 5.74) is 1.53. The summed E-state index contributed by atoms with van der Waals surface area (Å²) in [5, 5.41) is 3.72. The van der Waals surface area contributed by atoms with E-state index in [1.807, 2.05) is 12.1 Å². The van der Waals surface area contributed by atoms with Crippen molar-refractivity contribution in [3.05, 3.63) is 70.4 Å². The van der Waals surface area contributed by atoms with Gasteiger partial charge in [0.25, 0.3) is 11.8 Å². The summed E-state index contributed by atoms with van der Waals surface area (Å²) in [6, 6.07) is 13.5. The Morgan fingerprint density at radius 1 is 1.07 bits per heavy atom. The molecule has 1 aliphatic rings. The molecule has 28 heavy (non-hydrogen) atoms. The van der Waals surface area contributed by atoms with E-state index in [9.17, 15) is 14.0 Å². The molecule has 1 aromatic heterocycles. The Hall–Kier alpha value is -2.77. The number of morpholine rings is 1. The van der Waals surface area contributed by atoms with Crippen LogP contribution in [0.25, 0.3) is 10.1 Å². The van der Waals surface area contributed by atoms with Crippen LogP contribution in [0.4, 0.5) is 4.39 Å². The summed E-state index contributed by atoms with van der Waals surface area (Å²) in [6.45, 7) is 2.71. The van der Waals surface area contributed by atoms with Crippen LogP contribution in [0.2, 0.25) is 0 Å². The number of rotatable bonds is 4. The first kappa shape index (κ1) is 18.6. The van der Waals surface area contributed by atoms with Crippen molar-refractivity contribution in [2.45, 2.75) is 6.54 Å². The van der Waals surface area contributed by atoms with Gasteiger partial charge >= 0.3 is 0 Å². The number of fused-ring (bicyclic) bond motifs is 1. The second kappa shape index (κ2) is 8.08. The van der Waals surface area contributed by atoms with Crippen LogP contribution in [0.5, 0.6) is 0 Å². The van der Waals surface area contributed by atoms with E-state index in [1.54, 1.807) is 29.2 Å². The van der Waals surface area contributed by atoms with Crippen LogP contribution in [-0.2, 0) is 11.3 Å². The molecule has 1 aliphatic heterocycles. The van der Waals surface area contributed by atoms with Crippen molar-refractivity contribution >= 4 is 33.2 Å². The number of carbonyl (C=O) groups excluding carboxylic acids is 2. The molecular formula is C21H19FN2O3S. The minimum absolute atomic E-state index is 0.00334. The summed E-state index contributed by atoms with van der Waals surface area (Å²) < 4.78 is 19.3. The normalized spacial score (nSPS) is 14.2. The number of halogens is 1. The SMILES string of the molecule is O=C(NCc1ccc(C(=O)N2CCOCC2)cc1)c1cc2ccc(F)cc2s1.